The highest BCUT2D eigenvalue weighted by Gasteiger charge is 2.29. The van der Waals surface area contributed by atoms with E-state index in [-0.39, 0.29) is 17.9 Å². The molecule has 5 nitrogen and oxygen atoms in total. The third-order valence-corrected chi connectivity index (χ3v) is 6.22. The summed E-state index contributed by atoms with van der Waals surface area (Å²) in [4.78, 5) is 28.4. The lowest BCUT2D eigenvalue weighted by atomic mass is 10.1. The van der Waals surface area contributed by atoms with E-state index >= 15 is 0 Å². The molecule has 2 atom stereocenters. The third-order valence-electron chi connectivity index (χ3n) is 5.17. The Morgan fingerprint density at radius 1 is 1.14 bits per heavy atom. The molecule has 0 saturated heterocycles. The Balaban J connectivity index is 1.43. The molecule has 0 bridgehead atoms. The molecular weight excluding hydrogens is 384 g/mol. The fraction of sp³-hybridized carbons (Fsp3) is 0.217. The van der Waals surface area contributed by atoms with Crippen molar-refractivity contribution in [3.63, 3.8) is 0 Å². The molecule has 4 rings (SSSR count). The van der Waals surface area contributed by atoms with Gasteiger partial charge in [-0.15, -0.1) is 11.3 Å². The first-order valence-electron chi connectivity index (χ1n) is 9.49. The highest BCUT2D eigenvalue weighted by Crippen LogP contribution is 2.29. The van der Waals surface area contributed by atoms with Crippen LogP contribution in [-0.2, 0) is 11.2 Å². The Kier molecular flexibility index (Phi) is 5.36. The molecule has 1 N–H and O–H groups in total. The van der Waals surface area contributed by atoms with Crippen molar-refractivity contribution in [2.75, 3.05) is 12.4 Å². The van der Waals surface area contributed by atoms with Gasteiger partial charge in [0.05, 0.1) is 6.04 Å². The summed E-state index contributed by atoms with van der Waals surface area (Å²) in [5.41, 5.74) is 2.14. The maximum atomic E-state index is 12.9. The summed E-state index contributed by atoms with van der Waals surface area (Å²) in [7, 11) is 1.79. The van der Waals surface area contributed by atoms with E-state index in [4.69, 9.17) is 4.74 Å². The normalized spacial score (nSPS) is 15.9. The molecule has 0 aliphatic carbocycles. The molecule has 3 aromatic rings. The van der Waals surface area contributed by atoms with Crippen LogP contribution in [0.5, 0.6) is 5.75 Å². The van der Waals surface area contributed by atoms with Gasteiger partial charge in [-0.1, -0.05) is 30.3 Å². The Bertz CT molecular complexity index is 1010. The maximum Gasteiger partial charge on any atom is 0.265 e. The fourth-order valence-electron chi connectivity index (χ4n) is 3.38. The minimum absolute atomic E-state index is 0.0221. The number of benzene rings is 2. The first kappa shape index (κ1) is 19.2. The lowest BCUT2D eigenvalue weighted by Gasteiger charge is -2.24. The maximum absolute atomic E-state index is 12.9. The van der Waals surface area contributed by atoms with Crippen LogP contribution in [0.4, 0.5) is 5.69 Å². The number of nitrogens with zero attached hydrogens (tertiary/aromatic N) is 1. The van der Waals surface area contributed by atoms with E-state index in [0.717, 1.165) is 16.2 Å². The van der Waals surface area contributed by atoms with Crippen LogP contribution in [0.2, 0.25) is 0 Å². The van der Waals surface area contributed by atoms with E-state index < -0.39 is 6.10 Å². The summed E-state index contributed by atoms with van der Waals surface area (Å²) in [6.07, 6.45) is -0.0184. The number of fused-ring (bicyclic) bond motifs is 1. The standard InChI is InChI=1S/C23H22N2O3S/c1-15(21-11-6-12-29-21)25(2)23(27)17-8-5-9-18(13-17)24-22(26)20-14-16-7-3-4-10-19(16)28-20/h3-13,15,20H,14H2,1-2H3,(H,24,26). The van der Waals surface area contributed by atoms with Crippen LogP contribution in [0, 0.1) is 0 Å². The first-order valence-corrected chi connectivity index (χ1v) is 10.4. The Labute approximate surface area is 173 Å². The van der Waals surface area contributed by atoms with Crippen LogP contribution >= 0.6 is 11.3 Å². The second-order valence-corrected chi connectivity index (χ2v) is 8.08. The van der Waals surface area contributed by atoms with E-state index in [1.807, 2.05) is 48.7 Å². The van der Waals surface area contributed by atoms with Gasteiger partial charge in [-0.25, -0.2) is 0 Å². The number of thiophene rings is 1. The largest absolute Gasteiger partial charge is 0.480 e. The average molecular weight is 407 g/mol. The summed E-state index contributed by atoms with van der Waals surface area (Å²) >= 11 is 1.63. The second-order valence-electron chi connectivity index (χ2n) is 7.10. The molecular formula is C23H22N2O3S. The Morgan fingerprint density at radius 2 is 1.97 bits per heavy atom. The monoisotopic (exact) mass is 406 g/mol. The highest BCUT2D eigenvalue weighted by molar-refractivity contribution is 7.10. The molecule has 2 unspecified atom stereocenters. The van der Waals surface area contributed by atoms with Gasteiger partial charge in [-0.3, -0.25) is 9.59 Å². The molecule has 1 aliphatic rings. The number of ether oxygens (including phenoxy) is 1. The minimum Gasteiger partial charge on any atom is -0.480 e. The van der Waals surface area contributed by atoms with E-state index in [9.17, 15) is 9.59 Å². The zero-order valence-electron chi connectivity index (χ0n) is 16.3. The van der Waals surface area contributed by atoms with E-state index in [2.05, 4.69) is 5.32 Å². The minimum atomic E-state index is -0.562. The summed E-state index contributed by atoms with van der Waals surface area (Å²) in [5.74, 6) is 0.443. The molecule has 0 spiro atoms. The number of nitrogens with one attached hydrogen (secondary N) is 1. The highest BCUT2D eigenvalue weighted by atomic mass is 32.1. The molecule has 2 aromatic carbocycles. The average Bonchev–Trinajstić information content (AvgIpc) is 3.42. The van der Waals surface area contributed by atoms with Gasteiger partial charge in [0, 0.05) is 29.6 Å². The van der Waals surface area contributed by atoms with E-state index in [0.29, 0.717) is 17.7 Å². The van der Waals surface area contributed by atoms with Crippen molar-refractivity contribution < 1.29 is 14.3 Å². The van der Waals surface area contributed by atoms with Crippen LogP contribution in [-0.4, -0.2) is 29.9 Å². The van der Waals surface area contributed by atoms with Crippen molar-refractivity contribution >= 4 is 28.8 Å². The molecule has 29 heavy (non-hydrogen) atoms. The zero-order chi connectivity index (χ0) is 20.4. The number of rotatable bonds is 5. The number of anilines is 1. The fourth-order valence-corrected chi connectivity index (χ4v) is 4.21. The second kappa shape index (κ2) is 8.09. The van der Waals surface area contributed by atoms with Gasteiger partial charge in [-0.2, -0.15) is 0 Å². The molecule has 2 amide bonds. The van der Waals surface area contributed by atoms with Gasteiger partial charge in [0.25, 0.3) is 11.8 Å². The number of para-hydroxylation sites is 1. The predicted octanol–water partition coefficient (Wildman–Crippen LogP) is 4.52. The van der Waals surface area contributed by atoms with Crippen molar-refractivity contribution in [3.05, 3.63) is 82.0 Å². The van der Waals surface area contributed by atoms with Crippen molar-refractivity contribution in [3.8, 4) is 5.75 Å². The number of carbonyl (C=O) groups excluding carboxylic acids is 2. The lowest BCUT2D eigenvalue weighted by Crippen LogP contribution is -2.32. The zero-order valence-corrected chi connectivity index (χ0v) is 17.1. The van der Waals surface area contributed by atoms with Crippen molar-refractivity contribution in [2.24, 2.45) is 0 Å². The van der Waals surface area contributed by atoms with E-state index in [1.54, 1.807) is 47.5 Å². The quantitative estimate of drug-likeness (QED) is 0.678. The predicted molar refractivity (Wildman–Crippen MR) is 114 cm³/mol. The van der Waals surface area contributed by atoms with Gasteiger partial charge in [0.15, 0.2) is 6.10 Å². The summed E-state index contributed by atoms with van der Waals surface area (Å²) in [6.45, 7) is 2.00. The Hall–Kier alpha value is -3.12. The number of carbonyl (C=O) groups is 2. The number of hydrogen-bond acceptors (Lipinski definition) is 4. The van der Waals surface area contributed by atoms with Crippen LogP contribution in [0.1, 0.15) is 33.8 Å². The van der Waals surface area contributed by atoms with Gasteiger partial charge in [-0.05, 0) is 48.2 Å². The SMILES string of the molecule is CC(c1cccs1)N(C)C(=O)c1cccc(NC(=O)C2Cc3ccccc3O2)c1. The first-order chi connectivity index (χ1) is 14.0. The molecule has 6 heteroatoms. The van der Waals surface area contributed by atoms with Crippen LogP contribution in [0.25, 0.3) is 0 Å². The van der Waals surface area contributed by atoms with Crippen LogP contribution in [0.15, 0.2) is 66.0 Å². The third kappa shape index (κ3) is 4.03. The summed E-state index contributed by atoms with van der Waals surface area (Å²) in [6, 6.07) is 18.7. The molecule has 0 radical (unpaired) electrons. The van der Waals surface area contributed by atoms with Gasteiger partial charge in [0.1, 0.15) is 5.75 Å². The van der Waals surface area contributed by atoms with Crippen LogP contribution < -0.4 is 10.1 Å². The van der Waals surface area contributed by atoms with Gasteiger partial charge in [0.2, 0.25) is 0 Å². The Morgan fingerprint density at radius 3 is 2.72 bits per heavy atom. The molecule has 0 fully saturated rings. The smallest absolute Gasteiger partial charge is 0.265 e. The summed E-state index contributed by atoms with van der Waals surface area (Å²) in [5, 5.41) is 4.88. The molecule has 1 aromatic heterocycles. The molecule has 0 saturated carbocycles. The van der Waals surface area contributed by atoms with Crippen molar-refractivity contribution in [1.82, 2.24) is 4.90 Å². The number of hydrogen-bond donors (Lipinski definition) is 1. The van der Waals surface area contributed by atoms with E-state index in [1.165, 1.54) is 0 Å². The van der Waals surface area contributed by atoms with Gasteiger partial charge >= 0.3 is 0 Å². The molecule has 148 valence electrons. The van der Waals surface area contributed by atoms with Gasteiger partial charge < -0.3 is 15.0 Å². The van der Waals surface area contributed by atoms with Crippen molar-refractivity contribution in [1.29, 1.82) is 0 Å². The summed E-state index contributed by atoms with van der Waals surface area (Å²) < 4.78 is 5.74. The van der Waals surface area contributed by atoms with Crippen LogP contribution in [0.3, 0.4) is 0 Å². The van der Waals surface area contributed by atoms with Crippen molar-refractivity contribution in [2.45, 2.75) is 25.5 Å². The lowest BCUT2D eigenvalue weighted by molar-refractivity contribution is -0.122. The topological polar surface area (TPSA) is 58.6 Å². The molecule has 2 heterocycles. The number of amides is 2. The molecule has 1 aliphatic heterocycles.